The number of primary amides is 1. The van der Waals surface area contributed by atoms with E-state index in [1.54, 1.807) is 0 Å². The number of nitriles is 1. The van der Waals surface area contributed by atoms with Crippen molar-refractivity contribution in [2.24, 2.45) is 28.5 Å². The van der Waals surface area contributed by atoms with Gasteiger partial charge in [-0.25, -0.2) is 0 Å². The summed E-state index contributed by atoms with van der Waals surface area (Å²) >= 11 is 0. The van der Waals surface area contributed by atoms with Crippen LogP contribution >= 0.6 is 0 Å². The van der Waals surface area contributed by atoms with Gasteiger partial charge in [-0.1, -0.05) is 19.1 Å². The zero-order valence-electron chi connectivity index (χ0n) is 16.7. The van der Waals surface area contributed by atoms with Gasteiger partial charge in [0.1, 0.15) is 0 Å². The molecular formula is C23H30N4O. The minimum absolute atomic E-state index is 0.167. The molecule has 3 N–H and O–H groups in total. The molecule has 1 amide bonds. The quantitative estimate of drug-likeness (QED) is 0.744. The van der Waals surface area contributed by atoms with E-state index in [1.807, 2.05) is 24.3 Å². The maximum Gasteiger partial charge on any atom is 0.221 e. The SMILES string of the molecule is CC1CCC/C1=N/C(=C\CNc1ccc(CC(N)=O)cc1)C1CCC(C#N)C1. The lowest BCUT2D eigenvalue weighted by Crippen LogP contribution is -2.13. The number of aliphatic imine (C=N–C) groups is 1. The molecule has 28 heavy (non-hydrogen) atoms. The predicted octanol–water partition coefficient (Wildman–Crippen LogP) is 4.21. The lowest BCUT2D eigenvalue weighted by Gasteiger charge is -2.14. The zero-order chi connectivity index (χ0) is 19.9. The number of nitrogens with zero attached hydrogens (tertiary/aromatic N) is 2. The molecule has 3 unspecified atom stereocenters. The summed E-state index contributed by atoms with van der Waals surface area (Å²) in [5.74, 6) is 0.813. The minimum Gasteiger partial charge on any atom is -0.381 e. The van der Waals surface area contributed by atoms with Crippen LogP contribution in [0.2, 0.25) is 0 Å². The van der Waals surface area contributed by atoms with Crippen molar-refractivity contribution in [3.8, 4) is 6.07 Å². The van der Waals surface area contributed by atoms with E-state index in [0.717, 1.165) is 42.6 Å². The van der Waals surface area contributed by atoms with Crippen LogP contribution in [0.15, 0.2) is 41.0 Å². The molecule has 3 atom stereocenters. The zero-order valence-corrected chi connectivity index (χ0v) is 16.7. The van der Waals surface area contributed by atoms with E-state index in [1.165, 1.54) is 18.6 Å². The Morgan fingerprint density at radius 2 is 2.11 bits per heavy atom. The van der Waals surface area contributed by atoms with Crippen LogP contribution in [0.1, 0.15) is 51.0 Å². The van der Waals surface area contributed by atoms with E-state index in [4.69, 9.17) is 10.7 Å². The fourth-order valence-corrected chi connectivity index (χ4v) is 4.22. The second kappa shape index (κ2) is 9.54. The van der Waals surface area contributed by atoms with Gasteiger partial charge in [0.2, 0.25) is 5.91 Å². The summed E-state index contributed by atoms with van der Waals surface area (Å²) < 4.78 is 0. The Labute approximate surface area is 167 Å². The minimum atomic E-state index is -0.319. The number of nitrogens with one attached hydrogen (secondary N) is 1. The smallest absolute Gasteiger partial charge is 0.221 e. The Kier molecular flexibility index (Phi) is 6.86. The number of allylic oxidation sites excluding steroid dienone is 1. The number of hydrogen-bond acceptors (Lipinski definition) is 4. The number of carbonyl (C=O) groups is 1. The van der Waals surface area contributed by atoms with Gasteiger partial charge in [0, 0.05) is 35.5 Å². The maximum atomic E-state index is 11.0. The van der Waals surface area contributed by atoms with Gasteiger partial charge < -0.3 is 11.1 Å². The molecule has 0 spiro atoms. The van der Waals surface area contributed by atoms with E-state index in [2.05, 4.69) is 24.4 Å². The third kappa shape index (κ3) is 5.45. The van der Waals surface area contributed by atoms with Crippen molar-refractivity contribution in [3.63, 3.8) is 0 Å². The highest BCUT2D eigenvalue weighted by molar-refractivity contribution is 5.89. The largest absolute Gasteiger partial charge is 0.381 e. The normalized spacial score (nSPS) is 26.4. The summed E-state index contributed by atoms with van der Waals surface area (Å²) in [6.07, 6.45) is 8.98. The molecule has 148 valence electrons. The average Bonchev–Trinajstić information content (AvgIpc) is 3.31. The molecule has 0 saturated heterocycles. The Bertz CT molecular complexity index is 788. The second-order valence-electron chi connectivity index (χ2n) is 8.08. The number of carbonyl (C=O) groups excluding carboxylic acids is 1. The van der Waals surface area contributed by atoms with Crippen LogP contribution < -0.4 is 11.1 Å². The summed E-state index contributed by atoms with van der Waals surface area (Å²) in [6, 6.07) is 10.2. The molecule has 0 aromatic heterocycles. The van der Waals surface area contributed by atoms with Gasteiger partial charge in [-0.3, -0.25) is 9.79 Å². The third-order valence-electron chi connectivity index (χ3n) is 5.89. The first-order valence-electron chi connectivity index (χ1n) is 10.3. The second-order valence-corrected chi connectivity index (χ2v) is 8.08. The Morgan fingerprint density at radius 3 is 2.71 bits per heavy atom. The molecule has 2 aliphatic carbocycles. The van der Waals surface area contributed by atoms with Crippen molar-refractivity contribution in [2.45, 2.75) is 51.9 Å². The Hall–Kier alpha value is -2.61. The molecule has 5 heteroatoms. The first kappa shape index (κ1) is 20.1. The molecule has 5 nitrogen and oxygen atoms in total. The molecule has 3 rings (SSSR count). The van der Waals surface area contributed by atoms with Crippen LogP contribution in [0.5, 0.6) is 0 Å². The van der Waals surface area contributed by atoms with Crippen LogP contribution in [0.25, 0.3) is 0 Å². The highest BCUT2D eigenvalue weighted by atomic mass is 16.1. The van der Waals surface area contributed by atoms with Crippen molar-refractivity contribution in [1.82, 2.24) is 0 Å². The summed E-state index contributed by atoms with van der Waals surface area (Å²) in [5.41, 5.74) is 9.64. The number of anilines is 1. The first-order valence-corrected chi connectivity index (χ1v) is 10.3. The van der Waals surface area contributed by atoms with Crippen molar-refractivity contribution in [2.75, 3.05) is 11.9 Å². The first-order chi connectivity index (χ1) is 13.5. The average molecular weight is 379 g/mol. The third-order valence-corrected chi connectivity index (χ3v) is 5.89. The topological polar surface area (TPSA) is 91.3 Å². The monoisotopic (exact) mass is 378 g/mol. The standard InChI is InChI=1S/C23H30N4O/c1-16-3-2-4-21(16)27-22(19-8-5-18(13-19)15-24)11-12-26-20-9-6-17(7-10-20)14-23(25)28/h6-7,9-11,16,18-19,26H,2-5,8,12-14H2,1H3,(H2,25,28)/b22-11-,27-21-. The maximum absolute atomic E-state index is 11.0. The number of hydrogen-bond donors (Lipinski definition) is 2. The van der Waals surface area contributed by atoms with Crippen LogP contribution in [0.4, 0.5) is 5.69 Å². The molecule has 2 fully saturated rings. The summed E-state index contributed by atoms with van der Waals surface area (Å²) in [5, 5.41) is 12.7. The van der Waals surface area contributed by atoms with Gasteiger partial charge in [-0.05, 0) is 68.2 Å². The van der Waals surface area contributed by atoms with Crippen molar-refractivity contribution in [1.29, 1.82) is 5.26 Å². The van der Waals surface area contributed by atoms with Crippen LogP contribution in [0, 0.1) is 29.1 Å². The fourth-order valence-electron chi connectivity index (χ4n) is 4.22. The van der Waals surface area contributed by atoms with Crippen molar-refractivity contribution in [3.05, 3.63) is 41.6 Å². The Balaban J connectivity index is 1.67. The highest BCUT2D eigenvalue weighted by Gasteiger charge is 2.28. The van der Waals surface area contributed by atoms with E-state index >= 15 is 0 Å². The van der Waals surface area contributed by atoms with E-state index in [-0.39, 0.29) is 18.2 Å². The molecule has 1 aromatic carbocycles. The number of nitrogens with two attached hydrogens (primary N) is 1. The summed E-state index contributed by atoms with van der Waals surface area (Å²) in [6.45, 7) is 2.96. The fraction of sp³-hybridized carbons (Fsp3) is 0.522. The molecule has 2 saturated carbocycles. The molecule has 0 bridgehead atoms. The van der Waals surface area contributed by atoms with E-state index in [9.17, 15) is 10.1 Å². The molecule has 0 radical (unpaired) electrons. The highest BCUT2D eigenvalue weighted by Crippen LogP contribution is 2.37. The van der Waals surface area contributed by atoms with Gasteiger partial charge in [-0.15, -0.1) is 0 Å². The molecule has 0 heterocycles. The Morgan fingerprint density at radius 1 is 1.32 bits per heavy atom. The molecule has 1 aromatic rings. The number of rotatable bonds is 7. The summed E-state index contributed by atoms with van der Waals surface area (Å²) in [4.78, 5) is 16.1. The van der Waals surface area contributed by atoms with Gasteiger partial charge in [0.05, 0.1) is 12.5 Å². The van der Waals surface area contributed by atoms with Gasteiger partial charge in [0.25, 0.3) is 0 Å². The molecule has 2 aliphatic rings. The van der Waals surface area contributed by atoms with Gasteiger partial charge >= 0.3 is 0 Å². The van der Waals surface area contributed by atoms with Crippen molar-refractivity contribution < 1.29 is 4.79 Å². The van der Waals surface area contributed by atoms with E-state index in [0.29, 0.717) is 18.4 Å². The van der Waals surface area contributed by atoms with Crippen molar-refractivity contribution >= 4 is 17.3 Å². The lowest BCUT2D eigenvalue weighted by molar-refractivity contribution is -0.117. The number of benzene rings is 1. The lowest BCUT2D eigenvalue weighted by atomic mass is 10.0. The van der Waals surface area contributed by atoms with Crippen LogP contribution in [0.3, 0.4) is 0 Å². The van der Waals surface area contributed by atoms with Crippen LogP contribution in [-0.2, 0) is 11.2 Å². The van der Waals surface area contributed by atoms with Crippen LogP contribution in [-0.4, -0.2) is 18.2 Å². The van der Waals surface area contributed by atoms with Gasteiger partial charge in [0.15, 0.2) is 0 Å². The molecule has 0 aliphatic heterocycles. The summed E-state index contributed by atoms with van der Waals surface area (Å²) in [7, 11) is 0. The number of amides is 1. The van der Waals surface area contributed by atoms with E-state index < -0.39 is 0 Å². The predicted molar refractivity (Wildman–Crippen MR) is 113 cm³/mol. The molecular weight excluding hydrogens is 348 g/mol. The van der Waals surface area contributed by atoms with Gasteiger partial charge in [-0.2, -0.15) is 5.26 Å².